The van der Waals surface area contributed by atoms with Crippen molar-refractivity contribution in [1.29, 1.82) is 0 Å². The standard InChI is InChI=1S/C14H22N2O3/c1-16-5-4-14(17,9-15)8-10-6-11(18-2)7-12(19-3)13(10)16/h6-7,17H,4-5,8-9,15H2,1-3H3. The molecule has 1 aromatic carbocycles. The molecule has 0 aromatic heterocycles. The number of rotatable bonds is 3. The van der Waals surface area contributed by atoms with Gasteiger partial charge in [0.1, 0.15) is 11.5 Å². The van der Waals surface area contributed by atoms with Gasteiger partial charge in [0, 0.05) is 32.6 Å². The van der Waals surface area contributed by atoms with Crippen molar-refractivity contribution < 1.29 is 14.6 Å². The van der Waals surface area contributed by atoms with Gasteiger partial charge in [0.25, 0.3) is 0 Å². The van der Waals surface area contributed by atoms with Crippen molar-refractivity contribution in [3.63, 3.8) is 0 Å². The van der Waals surface area contributed by atoms with Gasteiger partial charge in [0.15, 0.2) is 0 Å². The third kappa shape index (κ3) is 2.62. The van der Waals surface area contributed by atoms with E-state index in [1.807, 2.05) is 19.2 Å². The highest BCUT2D eigenvalue weighted by atomic mass is 16.5. The van der Waals surface area contributed by atoms with Crippen LogP contribution in [-0.2, 0) is 6.42 Å². The van der Waals surface area contributed by atoms with Gasteiger partial charge in [-0.05, 0) is 18.1 Å². The minimum Gasteiger partial charge on any atom is -0.497 e. The number of aliphatic hydroxyl groups is 1. The van der Waals surface area contributed by atoms with E-state index in [2.05, 4.69) is 4.90 Å². The summed E-state index contributed by atoms with van der Waals surface area (Å²) in [6, 6.07) is 3.81. The lowest BCUT2D eigenvalue weighted by Gasteiger charge is -2.24. The minimum absolute atomic E-state index is 0.250. The fraction of sp³-hybridized carbons (Fsp3) is 0.571. The molecule has 2 rings (SSSR count). The van der Waals surface area contributed by atoms with E-state index >= 15 is 0 Å². The molecular weight excluding hydrogens is 244 g/mol. The topological polar surface area (TPSA) is 68.0 Å². The Morgan fingerprint density at radius 3 is 2.68 bits per heavy atom. The summed E-state index contributed by atoms with van der Waals surface area (Å²) in [5.74, 6) is 1.49. The maximum Gasteiger partial charge on any atom is 0.146 e. The molecule has 0 aliphatic carbocycles. The second kappa shape index (κ2) is 5.27. The van der Waals surface area contributed by atoms with Crippen LogP contribution >= 0.6 is 0 Å². The zero-order valence-corrected chi connectivity index (χ0v) is 11.8. The summed E-state index contributed by atoms with van der Waals surface area (Å²) < 4.78 is 10.7. The summed E-state index contributed by atoms with van der Waals surface area (Å²) in [6.07, 6.45) is 1.15. The fourth-order valence-electron chi connectivity index (χ4n) is 2.58. The molecule has 1 aliphatic rings. The van der Waals surface area contributed by atoms with Gasteiger partial charge in [0.05, 0.1) is 25.5 Å². The zero-order valence-electron chi connectivity index (χ0n) is 11.8. The second-order valence-electron chi connectivity index (χ2n) is 5.11. The maximum absolute atomic E-state index is 10.5. The number of hydrogen-bond acceptors (Lipinski definition) is 5. The van der Waals surface area contributed by atoms with Gasteiger partial charge in [-0.15, -0.1) is 0 Å². The molecule has 0 spiro atoms. The number of nitrogens with two attached hydrogens (primary N) is 1. The van der Waals surface area contributed by atoms with Gasteiger partial charge in [-0.25, -0.2) is 0 Å². The third-order valence-corrected chi connectivity index (χ3v) is 3.78. The van der Waals surface area contributed by atoms with Gasteiger partial charge in [0.2, 0.25) is 0 Å². The van der Waals surface area contributed by atoms with E-state index < -0.39 is 5.60 Å². The van der Waals surface area contributed by atoms with Crippen molar-refractivity contribution in [2.45, 2.75) is 18.4 Å². The quantitative estimate of drug-likeness (QED) is 0.846. The summed E-state index contributed by atoms with van der Waals surface area (Å²) in [6.45, 7) is 0.989. The first-order valence-electron chi connectivity index (χ1n) is 6.41. The summed E-state index contributed by atoms with van der Waals surface area (Å²) in [7, 11) is 5.26. The molecule has 1 unspecified atom stereocenters. The molecule has 1 aromatic rings. The summed E-state index contributed by atoms with van der Waals surface area (Å²) in [5, 5.41) is 10.5. The molecule has 0 radical (unpaired) electrons. The number of benzene rings is 1. The van der Waals surface area contributed by atoms with Crippen LogP contribution in [0.25, 0.3) is 0 Å². The Kier molecular flexibility index (Phi) is 3.87. The number of methoxy groups -OCH3 is 2. The predicted octanol–water partition coefficient (Wildman–Crippen LogP) is 0.776. The van der Waals surface area contributed by atoms with Crippen LogP contribution < -0.4 is 20.1 Å². The van der Waals surface area contributed by atoms with Crippen molar-refractivity contribution in [2.75, 3.05) is 39.3 Å². The number of fused-ring (bicyclic) bond motifs is 1. The Morgan fingerprint density at radius 1 is 1.37 bits per heavy atom. The van der Waals surface area contributed by atoms with E-state index in [0.717, 1.165) is 29.3 Å². The highest BCUT2D eigenvalue weighted by Gasteiger charge is 2.32. The number of hydrogen-bond donors (Lipinski definition) is 2. The van der Waals surface area contributed by atoms with Gasteiger partial charge >= 0.3 is 0 Å². The van der Waals surface area contributed by atoms with Crippen LogP contribution in [0.1, 0.15) is 12.0 Å². The first-order valence-corrected chi connectivity index (χ1v) is 6.41. The molecule has 106 valence electrons. The Morgan fingerprint density at radius 2 is 2.11 bits per heavy atom. The zero-order chi connectivity index (χ0) is 14.0. The van der Waals surface area contributed by atoms with Crippen LogP contribution in [0.2, 0.25) is 0 Å². The van der Waals surface area contributed by atoms with Crippen molar-refractivity contribution >= 4 is 5.69 Å². The molecule has 1 heterocycles. The first-order chi connectivity index (χ1) is 9.03. The van der Waals surface area contributed by atoms with E-state index in [0.29, 0.717) is 12.8 Å². The van der Waals surface area contributed by atoms with Crippen molar-refractivity contribution in [1.82, 2.24) is 0 Å². The van der Waals surface area contributed by atoms with Crippen molar-refractivity contribution in [3.05, 3.63) is 17.7 Å². The van der Waals surface area contributed by atoms with Crippen LogP contribution in [0.3, 0.4) is 0 Å². The molecule has 0 saturated heterocycles. The Hall–Kier alpha value is -1.46. The van der Waals surface area contributed by atoms with Crippen molar-refractivity contribution in [3.8, 4) is 11.5 Å². The molecular formula is C14H22N2O3. The first kappa shape index (κ1) is 14.0. The lowest BCUT2D eigenvalue weighted by atomic mass is 9.92. The average molecular weight is 266 g/mol. The third-order valence-electron chi connectivity index (χ3n) is 3.78. The van der Waals surface area contributed by atoms with Gasteiger partial charge < -0.3 is 25.2 Å². The summed E-state index contributed by atoms with van der Waals surface area (Å²) in [5.41, 5.74) is 6.87. The lowest BCUT2D eigenvalue weighted by molar-refractivity contribution is 0.0449. The Balaban J connectivity index is 2.54. The van der Waals surface area contributed by atoms with Crippen LogP contribution in [0.15, 0.2) is 12.1 Å². The van der Waals surface area contributed by atoms with E-state index in [1.54, 1.807) is 14.2 Å². The monoisotopic (exact) mass is 266 g/mol. The van der Waals surface area contributed by atoms with Gasteiger partial charge in [-0.3, -0.25) is 0 Å². The van der Waals surface area contributed by atoms with E-state index in [4.69, 9.17) is 15.2 Å². The van der Waals surface area contributed by atoms with E-state index in [9.17, 15) is 5.11 Å². The SMILES string of the molecule is COc1cc2c(c(OC)c1)N(C)CCC(O)(CN)C2. The fourth-order valence-corrected chi connectivity index (χ4v) is 2.58. The van der Waals surface area contributed by atoms with Gasteiger partial charge in [-0.2, -0.15) is 0 Å². The maximum atomic E-state index is 10.5. The Bertz CT molecular complexity index is 464. The van der Waals surface area contributed by atoms with Crippen LogP contribution in [0, 0.1) is 0 Å². The predicted molar refractivity (Wildman–Crippen MR) is 75.1 cm³/mol. The molecule has 3 N–H and O–H groups in total. The number of anilines is 1. The Labute approximate surface area is 113 Å². The minimum atomic E-state index is -0.864. The molecule has 0 saturated carbocycles. The van der Waals surface area contributed by atoms with E-state index in [1.165, 1.54) is 0 Å². The van der Waals surface area contributed by atoms with Crippen LogP contribution in [0.5, 0.6) is 11.5 Å². The molecule has 0 bridgehead atoms. The van der Waals surface area contributed by atoms with Crippen LogP contribution in [-0.4, -0.2) is 45.1 Å². The largest absolute Gasteiger partial charge is 0.497 e. The average Bonchev–Trinajstić information content (AvgIpc) is 2.55. The highest BCUT2D eigenvalue weighted by Crippen LogP contribution is 2.40. The molecule has 0 amide bonds. The molecule has 19 heavy (non-hydrogen) atoms. The molecule has 1 atom stereocenters. The smallest absolute Gasteiger partial charge is 0.146 e. The number of ether oxygens (including phenoxy) is 2. The molecule has 5 heteroatoms. The summed E-state index contributed by atoms with van der Waals surface area (Å²) in [4.78, 5) is 2.10. The molecule has 0 fully saturated rings. The summed E-state index contributed by atoms with van der Waals surface area (Å²) >= 11 is 0. The lowest BCUT2D eigenvalue weighted by Crippen LogP contribution is -2.40. The molecule has 1 aliphatic heterocycles. The number of nitrogens with zero attached hydrogens (tertiary/aromatic N) is 1. The normalized spacial score (nSPS) is 22.7. The second-order valence-corrected chi connectivity index (χ2v) is 5.11. The van der Waals surface area contributed by atoms with Crippen molar-refractivity contribution in [2.24, 2.45) is 5.73 Å². The highest BCUT2D eigenvalue weighted by molar-refractivity contribution is 5.67. The van der Waals surface area contributed by atoms with E-state index in [-0.39, 0.29) is 6.54 Å². The van der Waals surface area contributed by atoms with Crippen LogP contribution in [0.4, 0.5) is 5.69 Å². The molecule has 5 nitrogen and oxygen atoms in total. The van der Waals surface area contributed by atoms with Gasteiger partial charge in [-0.1, -0.05) is 0 Å².